The first kappa shape index (κ1) is 17.9. The van der Waals surface area contributed by atoms with Gasteiger partial charge in [0.25, 0.3) is 5.91 Å². The lowest BCUT2D eigenvalue weighted by Crippen LogP contribution is -2.39. The van der Waals surface area contributed by atoms with E-state index in [2.05, 4.69) is 10.1 Å². The monoisotopic (exact) mass is 333 g/mol. The van der Waals surface area contributed by atoms with E-state index in [0.717, 1.165) is 5.56 Å². The maximum absolute atomic E-state index is 12.6. The molecule has 7 heteroatoms. The van der Waals surface area contributed by atoms with E-state index in [1.54, 1.807) is 45.1 Å². The third-order valence-corrected chi connectivity index (χ3v) is 3.67. The largest absolute Gasteiger partial charge is 0.455 e. The van der Waals surface area contributed by atoms with Crippen molar-refractivity contribution in [1.29, 1.82) is 0 Å². The maximum Gasteiger partial charge on any atom is 0.356 e. The second-order valence-corrected chi connectivity index (χ2v) is 6.75. The average molecular weight is 333 g/mol. The van der Waals surface area contributed by atoms with Crippen LogP contribution in [0.25, 0.3) is 0 Å². The van der Waals surface area contributed by atoms with Crippen LogP contribution in [0.1, 0.15) is 45.7 Å². The van der Waals surface area contributed by atoms with Gasteiger partial charge in [-0.3, -0.25) is 9.78 Å². The van der Waals surface area contributed by atoms with Crippen LogP contribution in [0, 0.1) is 0 Å². The fourth-order valence-corrected chi connectivity index (χ4v) is 2.23. The Balaban J connectivity index is 1.96. The first-order valence-corrected chi connectivity index (χ1v) is 7.81. The minimum atomic E-state index is -0.809. The molecule has 0 aromatic carbocycles. The second-order valence-electron chi connectivity index (χ2n) is 6.75. The molecule has 1 aliphatic heterocycles. The number of amides is 1. The number of hydrogen-bond acceptors (Lipinski definition) is 6. The Bertz CT molecular complexity index is 637. The molecule has 2 rings (SSSR count). The Morgan fingerprint density at radius 3 is 2.71 bits per heavy atom. The first-order valence-electron chi connectivity index (χ1n) is 7.81. The van der Waals surface area contributed by atoms with Crippen molar-refractivity contribution in [3.8, 4) is 0 Å². The average Bonchev–Trinajstić information content (AvgIpc) is 3.02. The minimum absolute atomic E-state index is 0.109. The number of hydrogen-bond donors (Lipinski definition) is 0. The quantitative estimate of drug-likeness (QED) is 0.788. The summed E-state index contributed by atoms with van der Waals surface area (Å²) in [6.07, 6.45) is 2.69. The molecule has 1 aromatic rings. The molecule has 0 fully saturated rings. The molecule has 0 radical (unpaired) electrons. The Labute approximate surface area is 141 Å². The van der Waals surface area contributed by atoms with Crippen LogP contribution < -0.4 is 0 Å². The molecular weight excluding hydrogens is 310 g/mol. The minimum Gasteiger partial charge on any atom is -0.455 e. The van der Waals surface area contributed by atoms with Gasteiger partial charge in [0.05, 0.1) is 6.04 Å². The van der Waals surface area contributed by atoms with E-state index < -0.39 is 17.7 Å². The zero-order chi connectivity index (χ0) is 17.9. The van der Waals surface area contributed by atoms with E-state index in [4.69, 9.17) is 9.57 Å². The number of aromatic nitrogens is 1. The van der Waals surface area contributed by atoms with Crippen molar-refractivity contribution in [1.82, 2.24) is 9.88 Å². The number of rotatable bonds is 4. The third-order valence-electron chi connectivity index (χ3n) is 3.67. The van der Waals surface area contributed by atoms with E-state index in [1.165, 1.54) is 0 Å². The summed E-state index contributed by atoms with van der Waals surface area (Å²) >= 11 is 0. The number of carbonyl (C=O) groups is 2. The van der Waals surface area contributed by atoms with Crippen LogP contribution in [-0.4, -0.2) is 46.2 Å². The summed E-state index contributed by atoms with van der Waals surface area (Å²) < 4.78 is 5.24. The topological polar surface area (TPSA) is 81.1 Å². The summed E-state index contributed by atoms with van der Waals surface area (Å²) in [6, 6.07) is 3.56. The molecule has 0 saturated carbocycles. The summed E-state index contributed by atoms with van der Waals surface area (Å²) in [4.78, 5) is 35.3. The molecule has 0 spiro atoms. The molecular formula is C17H23N3O4. The van der Waals surface area contributed by atoms with Gasteiger partial charge in [-0.1, -0.05) is 11.2 Å². The molecule has 7 nitrogen and oxygen atoms in total. The van der Waals surface area contributed by atoms with Crippen molar-refractivity contribution in [2.24, 2.45) is 5.16 Å². The van der Waals surface area contributed by atoms with Crippen LogP contribution in [0.4, 0.5) is 0 Å². The smallest absolute Gasteiger partial charge is 0.356 e. The molecule has 2 atom stereocenters. The Morgan fingerprint density at radius 2 is 2.12 bits per heavy atom. The Kier molecular flexibility index (Phi) is 5.21. The van der Waals surface area contributed by atoms with E-state index in [1.807, 2.05) is 19.1 Å². The molecule has 24 heavy (non-hydrogen) atoms. The number of likely N-dealkylation sites (N-methyl/N-ethyl adjacent to an activating group) is 1. The van der Waals surface area contributed by atoms with Gasteiger partial charge in [0.1, 0.15) is 5.60 Å². The molecule has 0 N–H and O–H groups in total. The van der Waals surface area contributed by atoms with Crippen molar-refractivity contribution < 1.29 is 19.2 Å². The zero-order valence-corrected chi connectivity index (χ0v) is 14.6. The van der Waals surface area contributed by atoms with Crippen LogP contribution in [0.3, 0.4) is 0 Å². The van der Waals surface area contributed by atoms with E-state index >= 15 is 0 Å². The molecule has 0 bridgehead atoms. The molecule has 2 heterocycles. The second kappa shape index (κ2) is 6.98. The van der Waals surface area contributed by atoms with Gasteiger partial charge in [-0.15, -0.1) is 0 Å². The van der Waals surface area contributed by atoms with Gasteiger partial charge in [-0.2, -0.15) is 0 Å². The zero-order valence-electron chi connectivity index (χ0n) is 14.6. The van der Waals surface area contributed by atoms with Gasteiger partial charge in [0.2, 0.25) is 6.10 Å². The van der Waals surface area contributed by atoms with Crippen LogP contribution in [0.2, 0.25) is 0 Å². The molecule has 1 aliphatic rings. The molecule has 130 valence electrons. The number of carbonyl (C=O) groups excluding carboxylic acids is 2. The van der Waals surface area contributed by atoms with Gasteiger partial charge in [-0.25, -0.2) is 4.79 Å². The van der Waals surface area contributed by atoms with E-state index in [0.29, 0.717) is 0 Å². The lowest BCUT2D eigenvalue weighted by molar-refractivity contribution is -0.146. The van der Waals surface area contributed by atoms with E-state index in [9.17, 15) is 9.59 Å². The highest BCUT2D eigenvalue weighted by molar-refractivity contribution is 6.37. The van der Waals surface area contributed by atoms with Gasteiger partial charge in [-0.05, 0) is 39.3 Å². The first-order chi connectivity index (χ1) is 11.2. The number of esters is 1. The van der Waals surface area contributed by atoms with Gasteiger partial charge in [0.15, 0.2) is 5.71 Å². The van der Waals surface area contributed by atoms with Gasteiger partial charge >= 0.3 is 5.97 Å². The van der Waals surface area contributed by atoms with Crippen molar-refractivity contribution in [2.45, 2.75) is 51.9 Å². The molecule has 0 aliphatic carbocycles. The standard InChI is InChI=1S/C17H23N3O4/c1-11(12-7-6-8-18-10-12)20(5)15(21)14-9-13(19-24-14)16(22)23-17(2,3)4/h6-8,10-11,14H,9H2,1-5H3. The van der Waals surface area contributed by atoms with Crippen LogP contribution in [-0.2, 0) is 19.2 Å². The fraction of sp³-hybridized carbons (Fsp3) is 0.529. The lowest BCUT2D eigenvalue weighted by atomic mass is 10.1. The highest BCUT2D eigenvalue weighted by Crippen LogP contribution is 2.22. The number of ether oxygens (including phenoxy) is 1. The highest BCUT2D eigenvalue weighted by Gasteiger charge is 2.36. The van der Waals surface area contributed by atoms with Crippen molar-refractivity contribution in [3.63, 3.8) is 0 Å². The molecule has 1 amide bonds. The van der Waals surface area contributed by atoms with Crippen molar-refractivity contribution in [2.75, 3.05) is 7.05 Å². The fourth-order valence-electron chi connectivity index (χ4n) is 2.23. The van der Waals surface area contributed by atoms with Gasteiger partial charge in [0, 0.05) is 25.9 Å². The number of pyridine rings is 1. The summed E-state index contributed by atoms with van der Waals surface area (Å²) in [7, 11) is 1.69. The van der Waals surface area contributed by atoms with Crippen molar-refractivity contribution in [3.05, 3.63) is 30.1 Å². The Morgan fingerprint density at radius 1 is 1.42 bits per heavy atom. The van der Waals surface area contributed by atoms with Crippen LogP contribution >= 0.6 is 0 Å². The van der Waals surface area contributed by atoms with Crippen LogP contribution in [0.5, 0.6) is 0 Å². The molecule has 2 unspecified atom stereocenters. The van der Waals surface area contributed by atoms with Crippen LogP contribution in [0.15, 0.2) is 29.7 Å². The predicted molar refractivity (Wildman–Crippen MR) is 88.2 cm³/mol. The SMILES string of the molecule is CC(c1cccnc1)N(C)C(=O)C1CC(C(=O)OC(C)(C)C)=NO1. The van der Waals surface area contributed by atoms with Gasteiger partial charge < -0.3 is 14.5 Å². The lowest BCUT2D eigenvalue weighted by Gasteiger charge is -2.26. The number of nitrogens with zero attached hydrogens (tertiary/aromatic N) is 3. The summed E-state index contributed by atoms with van der Waals surface area (Å²) in [5, 5.41) is 3.72. The summed E-state index contributed by atoms with van der Waals surface area (Å²) in [6.45, 7) is 7.22. The predicted octanol–water partition coefficient (Wildman–Crippen LogP) is 2.09. The number of oxime groups is 1. The summed E-state index contributed by atoms with van der Waals surface area (Å²) in [5.41, 5.74) is 0.429. The Hall–Kier alpha value is -2.44. The maximum atomic E-state index is 12.6. The highest BCUT2D eigenvalue weighted by atomic mass is 16.7. The normalized spacial score (nSPS) is 18.4. The third kappa shape index (κ3) is 4.31. The summed E-state index contributed by atoms with van der Waals surface area (Å²) in [5.74, 6) is -0.797. The molecule has 0 saturated heterocycles. The van der Waals surface area contributed by atoms with Crippen molar-refractivity contribution >= 4 is 17.6 Å². The van der Waals surface area contributed by atoms with E-state index in [-0.39, 0.29) is 24.1 Å². The molecule has 1 aromatic heterocycles.